The minimum atomic E-state index is -4.40. The molecule has 0 aliphatic carbocycles. The fraction of sp³-hybridized carbons (Fsp3) is 0.519. The SMILES string of the molecule is CC(CCN1CCOCC1)n1nc2cc(-c3ccccc3C(F)(F)F)ccc2c1C1CCNCC1. The second-order valence-corrected chi connectivity index (χ2v) is 9.72. The summed E-state index contributed by atoms with van der Waals surface area (Å²) in [5.74, 6) is 0.389. The summed E-state index contributed by atoms with van der Waals surface area (Å²) < 4.78 is 48.6. The van der Waals surface area contributed by atoms with Gasteiger partial charge in [0, 0.05) is 36.6 Å². The highest BCUT2D eigenvalue weighted by Crippen LogP contribution is 2.39. The first-order chi connectivity index (χ1) is 16.9. The Morgan fingerprint density at radius 2 is 1.83 bits per heavy atom. The summed E-state index contributed by atoms with van der Waals surface area (Å²) >= 11 is 0. The fourth-order valence-corrected chi connectivity index (χ4v) is 5.43. The number of alkyl halides is 3. The van der Waals surface area contributed by atoms with Crippen LogP contribution in [0.4, 0.5) is 13.2 Å². The van der Waals surface area contributed by atoms with Gasteiger partial charge in [-0.25, -0.2) is 0 Å². The smallest absolute Gasteiger partial charge is 0.379 e. The van der Waals surface area contributed by atoms with E-state index in [1.165, 1.54) is 11.8 Å². The molecule has 5 nitrogen and oxygen atoms in total. The highest BCUT2D eigenvalue weighted by atomic mass is 19.4. The molecule has 0 saturated carbocycles. The van der Waals surface area contributed by atoms with Crippen LogP contribution in [0.3, 0.4) is 0 Å². The molecule has 0 amide bonds. The van der Waals surface area contributed by atoms with Gasteiger partial charge in [0.1, 0.15) is 0 Å². The molecule has 1 N–H and O–H groups in total. The molecule has 2 aromatic carbocycles. The van der Waals surface area contributed by atoms with Gasteiger partial charge in [0.15, 0.2) is 0 Å². The van der Waals surface area contributed by atoms with E-state index >= 15 is 0 Å². The number of hydrogen-bond acceptors (Lipinski definition) is 4. The van der Waals surface area contributed by atoms with Gasteiger partial charge in [-0.15, -0.1) is 0 Å². The van der Waals surface area contributed by atoms with E-state index < -0.39 is 11.7 Å². The van der Waals surface area contributed by atoms with Crippen LogP contribution in [0, 0.1) is 0 Å². The van der Waals surface area contributed by atoms with E-state index in [0.717, 1.165) is 82.2 Å². The van der Waals surface area contributed by atoms with E-state index in [-0.39, 0.29) is 11.6 Å². The van der Waals surface area contributed by atoms with Crippen molar-refractivity contribution in [3.8, 4) is 11.1 Å². The fourth-order valence-electron chi connectivity index (χ4n) is 5.43. The summed E-state index contributed by atoms with van der Waals surface area (Å²) in [6, 6.07) is 11.6. The van der Waals surface area contributed by atoms with Crippen LogP contribution in [-0.2, 0) is 10.9 Å². The maximum atomic E-state index is 13.7. The number of rotatable bonds is 6. The first-order valence-electron chi connectivity index (χ1n) is 12.6. The third-order valence-corrected chi connectivity index (χ3v) is 7.39. The highest BCUT2D eigenvalue weighted by molar-refractivity contribution is 5.87. The Bertz CT molecular complexity index is 1150. The molecular formula is C27H33F3N4O. The van der Waals surface area contributed by atoms with Gasteiger partial charge in [0.2, 0.25) is 0 Å². The van der Waals surface area contributed by atoms with E-state index in [9.17, 15) is 13.2 Å². The molecular weight excluding hydrogens is 453 g/mol. The van der Waals surface area contributed by atoms with Crippen molar-refractivity contribution in [3.63, 3.8) is 0 Å². The minimum Gasteiger partial charge on any atom is -0.379 e. The summed E-state index contributed by atoms with van der Waals surface area (Å²) in [7, 11) is 0. The van der Waals surface area contributed by atoms with Gasteiger partial charge in [-0.3, -0.25) is 9.58 Å². The molecule has 2 saturated heterocycles. The summed E-state index contributed by atoms with van der Waals surface area (Å²) in [6.07, 6.45) is -1.36. The monoisotopic (exact) mass is 486 g/mol. The molecule has 5 rings (SSSR count). The van der Waals surface area contributed by atoms with Gasteiger partial charge in [0.05, 0.1) is 30.3 Å². The first kappa shape index (κ1) is 24.3. The lowest BCUT2D eigenvalue weighted by Crippen LogP contribution is -2.37. The molecule has 0 spiro atoms. The van der Waals surface area contributed by atoms with Crippen LogP contribution >= 0.6 is 0 Å². The van der Waals surface area contributed by atoms with Crippen molar-refractivity contribution in [1.82, 2.24) is 20.0 Å². The Hall–Kier alpha value is -2.42. The number of aromatic nitrogens is 2. The van der Waals surface area contributed by atoms with Crippen LogP contribution in [-0.4, -0.2) is 60.6 Å². The lowest BCUT2D eigenvalue weighted by Gasteiger charge is -2.29. The second-order valence-electron chi connectivity index (χ2n) is 9.72. The molecule has 3 heterocycles. The number of benzene rings is 2. The van der Waals surface area contributed by atoms with Crippen molar-refractivity contribution in [2.75, 3.05) is 45.9 Å². The number of nitrogens with zero attached hydrogens (tertiary/aromatic N) is 3. The molecule has 0 radical (unpaired) electrons. The van der Waals surface area contributed by atoms with E-state index in [2.05, 4.69) is 21.8 Å². The maximum absolute atomic E-state index is 13.7. The predicted octanol–water partition coefficient (Wildman–Crippen LogP) is 5.47. The maximum Gasteiger partial charge on any atom is 0.417 e. The van der Waals surface area contributed by atoms with Crippen LogP contribution in [0.1, 0.15) is 49.4 Å². The summed E-state index contributed by atoms with van der Waals surface area (Å²) in [5.41, 5.74) is 2.13. The van der Waals surface area contributed by atoms with Crippen molar-refractivity contribution < 1.29 is 17.9 Å². The summed E-state index contributed by atoms with van der Waals surface area (Å²) in [5, 5.41) is 9.50. The zero-order valence-corrected chi connectivity index (χ0v) is 20.2. The zero-order chi connectivity index (χ0) is 24.4. The summed E-state index contributed by atoms with van der Waals surface area (Å²) in [4.78, 5) is 2.43. The lowest BCUT2D eigenvalue weighted by molar-refractivity contribution is -0.137. The largest absolute Gasteiger partial charge is 0.417 e. The standard InChI is InChI=1S/C27H33F3N4O/c1-19(10-13-33-14-16-35-17-15-33)34-26(20-8-11-31-12-9-20)23-7-6-21(18-25(23)32-34)22-4-2-3-5-24(22)27(28,29)30/h2-7,18-20,31H,8-17H2,1H3. The second kappa shape index (κ2) is 10.3. The van der Waals surface area contributed by atoms with Gasteiger partial charge in [-0.2, -0.15) is 18.3 Å². The molecule has 2 fully saturated rings. The van der Waals surface area contributed by atoms with E-state index in [0.29, 0.717) is 11.5 Å². The topological polar surface area (TPSA) is 42.3 Å². The van der Waals surface area contributed by atoms with Gasteiger partial charge < -0.3 is 10.1 Å². The molecule has 0 bridgehead atoms. The van der Waals surface area contributed by atoms with Gasteiger partial charge >= 0.3 is 6.18 Å². The van der Waals surface area contributed by atoms with Crippen LogP contribution in [0.25, 0.3) is 22.0 Å². The quantitative estimate of drug-likeness (QED) is 0.502. The molecule has 3 aromatic rings. The molecule has 35 heavy (non-hydrogen) atoms. The van der Waals surface area contributed by atoms with E-state index in [1.807, 2.05) is 18.2 Å². The molecule has 1 unspecified atom stereocenters. The zero-order valence-electron chi connectivity index (χ0n) is 20.2. The predicted molar refractivity (Wildman–Crippen MR) is 132 cm³/mol. The Balaban J connectivity index is 1.51. The van der Waals surface area contributed by atoms with Gasteiger partial charge in [-0.05, 0) is 62.5 Å². The number of halogens is 3. The van der Waals surface area contributed by atoms with Gasteiger partial charge in [-0.1, -0.05) is 30.3 Å². The Kier molecular flexibility index (Phi) is 7.14. The van der Waals surface area contributed by atoms with Crippen molar-refractivity contribution in [2.45, 2.75) is 44.3 Å². The third kappa shape index (κ3) is 5.25. The van der Waals surface area contributed by atoms with Crippen molar-refractivity contribution >= 4 is 10.9 Å². The molecule has 2 aliphatic rings. The Morgan fingerprint density at radius 1 is 1.09 bits per heavy atom. The normalized spacial score (nSPS) is 19.3. The van der Waals surface area contributed by atoms with Crippen molar-refractivity contribution in [1.29, 1.82) is 0 Å². The van der Waals surface area contributed by atoms with E-state index in [4.69, 9.17) is 9.84 Å². The average Bonchev–Trinajstić information content (AvgIpc) is 3.27. The number of hydrogen-bond donors (Lipinski definition) is 1. The van der Waals surface area contributed by atoms with Crippen LogP contribution in [0.15, 0.2) is 42.5 Å². The summed E-state index contributed by atoms with van der Waals surface area (Å²) in [6.45, 7) is 8.60. The van der Waals surface area contributed by atoms with E-state index in [1.54, 1.807) is 12.1 Å². The molecule has 8 heteroatoms. The van der Waals surface area contributed by atoms with Crippen LogP contribution in [0.5, 0.6) is 0 Å². The number of morpholine rings is 1. The first-order valence-corrected chi connectivity index (χ1v) is 12.6. The molecule has 2 aliphatic heterocycles. The number of ether oxygens (including phenoxy) is 1. The lowest BCUT2D eigenvalue weighted by atomic mass is 9.91. The van der Waals surface area contributed by atoms with Crippen molar-refractivity contribution in [2.24, 2.45) is 0 Å². The van der Waals surface area contributed by atoms with Gasteiger partial charge in [0.25, 0.3) is 0 Å². The molecule has 188 valence electrons. The molecule has 1 atom stereocenters. The third-order valence-electron chi connectivity index (χ3n) is 7.39. The Morgan fingerprint density at radius 3 is 2.57 bits per heavy atom. The minimum absolute atomic E-state index is 0.195. The number of nitrogens with one attached hydrogen (secondary N) is 1. The van der Waals surface area contributed by atoms with Crippen LogP contribution < -0.4 is 5.32 Å². The van der Waals surface area contributed by atoms with Crippen LogP contribution in [0.2, 0.25) is 0 Å². The Labute approximate surface area is 204 Å². The highest BCUT2D eigenvalue weighted by Gasteiger charge is 2.33. The molecule has 1 aromatic heterocycles. The number of fused-ring (bicyclic) bond motifs is 1. The van der Waals surface area contributed by atoms with Crippen molar-refractivity contribution in [3.05, 3.63) is 53.7 Å². The average molecular weight is 487 g/mol. The number of piperidine rings is 1.